The van der Waals surface area contributed by atoms with Crippen molar-refractivity contribution in [3.05, 3.63) is 77.1 Å². The van der Waals surface area contributed by atoms with Gasteiger partial charge in [0, 0.05) is 0 Å². The number of para-hydroxylation sites is 1. The minimum Gasteiger partial charge on any atom is -0.494 e. The molecule has 0 aromatic heterocycles. The number of carbonyl (C=O) groups is 2. The molecule has 3 aromatic rings. The van der Waals surface area contributed by atoms with E-state index >= 15 is 0 Å². The molecule has 0 atom stereocenters. The zero-order valence-corrected chi connectivity index (χ0v) is 17.6. The van der Waals surface area contributed by atoms with Gasteiger partial charge in [0.05, 0.1) is 22.9 Å². The van der Waals surface area contributed by atoms with Gasteiger partial charge in [-0.2, -0.15) is 0 Å². The van der Waals surface area contributed by atoms with E-state index in [4.69, 9.17) is 21.1 Å². The predicted molar refractivity (Wildman–Crippen MR) is 118 cm³/mol. The number of halogens is 2. The van der Waals surface area contributed by atoms with E-state index < -0.39 is 11.7 Å². The molecule has 0 aliphatic heterocycles. The van der Waals surface area contributed by atoms with Gasteiger partial charge in [0.2, 0.25) is 0 Å². The van der Waals surface area contributed by atoms with Crippen molar-refractivity contribution in [2.24, 2.45) is 0 Å². The van der Waals surface area contributed by atoms with Crippen LogP contribution in [0.5, 0.6) is 11.5 Å². The minimum absolute atomic E-state index is 0.0365. The normalized spacial score (nSPS) is 10.4. The van der Waals surface area contributed by atoms with Gasteiger partial charge in [-0.3, -0.25) is 9.59 Å². The van der Waals surface area contributed by atoms with Crippen molar-refractivity contribution >= 4 is 29.7 Å². The standard InChI is InChI=1S/C24H21ClFNO4/c1-2-3-11-30-18-8-6-7-16(12-18)17-13-20(25)23(21(26)14-17)27-24(29)19-9-4-5-10-22(19)31-15-28/h4-10,12-15H,2-3,11H2,1H3,(H,27,29). The third-order valence-electron chi connectivity index (χ3n) is 4.52. The smallest absolute Gasteiger partial charge is 0.298 e. The van der Waals surface area contributed by atoms with E-state index in [1.54, 1.807) is 18.2 Å². The van der Waals surface area contributed by atoms with Gasteiger partial charge >= 0.3 is 0 Å². The lowest BCUT2D eigenvalue weighted by molar-refractivity contribution is -0.120. The number of nitrogens with one attached hydrogen (secondary N) is 1. The summed E-state index contributed by atoms with van der Waals surface area (Å²) in [5, 5.41) is 2.49. The monoisotopic (exact) mass is 441 g/mol. The highest BCUT2D eigenvalue weighted by molar-refractivity contribution is 6.34. The SMILES string of the molecule is CCCCOc1cccc(-c2cc(F)c(NC(=O)c3ccccc3OC=O)c(Cl)c2)c1. The number of hydrogen-bond acceptors (Lipinski definition) is 4. The second kappa shape index (κ2) is 10.6. The van der Waals surface area contributed by atoms with E-state index in [0.29, 0.717) is 17.9 Å². The maximum absolute atomic E-state index is 14.9. The fourth-order valence-corrected chi connectivity index (χ4v) is 3.20. The van der Waals surface area contributed by atoms with Crippen LogP contribution in [-0.2, 0) is 4.79 Å². The molecule has 0 unspecified atom stereocenters. The third-order valence-corrected chi connectivity index (χ3v) is 4.82. The summed E-state index contributed by atoms with van der Waals surface area (Å²) in [6.45, 7) is 2.91. The molecule has 0 bridgehead atoms. The molecule has 0 heterocycles. The van der Waals surface area contributed by atoms with Gasteiger partial charge in [0.1, 0.15) is 17.3 Å². The van der Waals surface area contributed by atoms with Crippen molar-refractivity contribution in [2.45, 2.75) is 19.8 Å². The topological polar surface area (TPSA) is 64.6 Å². The summed E-state index contributed by atoms with van der Waals surface area (Å²) in [6.07, 6.45) is 1.97. The summed E-state index contributed by atoms with van der Waals surface area (Å²) in [5.41, 5.74) is 1.20. The first-order valence-corrected chi connectivity index (χ1v) is 10.1. The van der Waals surface area contributed by atoms with Gasteiger partial charge in [-0.1, -0.05) is 49.2 Å². The van der Waals surface area contributed by atoms with Gasteiger partial charge in [-0.25, -0.2) is 4.39 Å². The Labute approximate surface area is 184 Å². The average molecular weight is 442 g/mol. The maximum atomic E-state index is 14.9. The maximum Gasteiger partial charge on any atom is 0.298 e. The summed E-state index contributed by atoms with van der Waals surface area (Å²) in [7, 11) is 0. The molecule has 3 aromatic carbocycles. The number of rotatable bonds is 9. The van der Waals surface area contributed by atoms with Crippen LogP contribution in [0.3, 0.4) is 0 Å². The Morgan fingerprint density at radius 1 is 1.10 bits per heavy atom. The Hall–Kier alpha value is -3.38. The highest BCUT2D eigenvalue weighted by Gasteiger charge is 2.18. The third kappa shape index (κ3) is 5.61. The van der Waals surface area contributed by atoms with Crippen LogP contribution in [0.2, 0.25) is 5.02 Å². The predicted octanol–water partition coefficient (Wildman–Crippen LogP) is 6.11. The largest absolute Gasteiger partial charge is 0.494 e. The second-order valence-electron chi connectivity index (χ2n) is 6.71. The minimum atomic E-state index is -0.693. The molecule has 0 fully saturated rings. The molecule has 5 nitrogen and oxygen atoms in total. The molecule has 31 heavy (non-hydrogen) atoms. The Morgan fingerprint density at radius 2 is 1.90 bits per heavy atom. The number of unbranched alkanes of at least 4 members (excludes halogenated alkanes) is 1. The Morgan fingerprint density at radius 3 is 2.65 bits per heavy atom. The molecule has 0 saturated carbocycles. The van der Waals surface area contributed by atoms with E-state index in [9.17, 15) is 14.0 Å². The summed E-state index contributed by atoms with van der Waals surface area (Å²) in [5.74, 6) is -0.603. The summed E-state index contributed by atoms with van der Waals surface area (Å²) in [6, 6.07) is 16.3. The lowest BCUT2D eigenvalue weighted by atomic mass is 10.0. The van der Waals surface area contributed by atoms with Crippen LogP contribution in [0.1, 0.15) is 30.1 Å². The number of carbonyl (C=O) groups excluding carboxylic acids is 2. The van der Waals surface area contributed by atoms with Crippen LogP contribution < -0.4 is 14.8 Å². The number of anilines is 1. The van der Waals surface area contributed by atoms with E-state index in [2.05, 4.69) is 12.2 Å². The fraction of sp³-hybridized carbons (Fsp3) is 0.167. The lowest BCUT2D eigenvalue weighted by Gasteiger charge is -2.13. The fourth-order valence-electron chi connectivity index (χ4n) is 2.95. The molecule has 7 heteroatoms. The number of hydrogen-bond donors (Lipinski definition) is 1. The second-order valence-corrected chi connectivity index (χ2v) is 7.12. The molecule has 160 valence electrons. The van der Waals surface area contributed by atoms with Crippen molar-refractivity contribution in [3.63, 3.8) is 0 Å². The number of benzene rings is 3. The highest BCUT2D eigenvalue weighted by Crippen LogP contribution is 2.33. The first-order chi connectivity index (χ1) is 15.0. The highest BCUT2D eigenvalue weighted by atomic mass is 35.5. The number of ether oxygens (including phenoxy) is 2. The molecule has 0 aliphatic rings. The van der Waals surface area contributed by atoms with Crippen LogP contribution in [0.25, 0.3) is 11.1 Å². The van der Waals surface area contributed by atoms with Crippen molar-refractivity contribution in [3.8, 4) is 22.6 Å². The first-order valence-electron chi connectivity index (χ1n) is 9.76. The Bertz CT molecular complexity index is 1060. The van der Waals surface area contributed by atoms with Crippen LogP contribution in [0.15, 0.2) is 60.7 Å². The first kappa shape index (κ1) is 22.3. The van der Waals surface area contributed by atoms with Crippen molar-refractivity contribution in [2.75, 3.05) is 11.9 Å². The molecule has 1 amide bonds. The Balaban J connectivity index is 1.84. The molecular weight excluding hydrogens is 421 g/mol. The van der Waals surface area contributed by atoms with Crippen molar-refractivity contribution in [1.82, 2.24) is 0 Å². The van der Waals surface area contributed by atoms with Crippen LogP contribution in [-0.4, -0.2) is 19.0 Å². The lowest BCUT2D eigenvalue weighted by Crippen LogP contribution is -2.15. The van der Waals surface area contributed by atoms with E-state index in [1.807, 2.05) is 24.3 Å². The van der Waals surface area contributed by atoms with Crippen molar-refractivity contribution < 1.29 is 23.5 Å². The van der Waals surface area contributed by atoms with Gasteiger partial charge < -0.3 is 14.8 Å². The zero-order valence-electron chi connectivity index (χ0n) is 16.9. The summed E-state index contributed by atoms with van der Waals surface area (Å²) in [4.78, 5) is 23.2. The van der Waals surface area contributed by atoms with Crippen LogP contribution in [0.4, 0.5) is 10.1 Å². The number of amides is 1. The summed E-state index contributed by atoms with van der Waals surface area (Å²) >= 11 is 6.29. The average Bonchev–Trinajstić information content (AvgIpc) is 2.77. The van der Waals surface area contributed by atoms with E-state index in [1.165, 1.54) is 18.2 Å². The molecule has 0 radical (unpaired) electrons. The molecular formula is C24H21ClFNO4. The summed E-state index contributed by atoms with van der Waals surface area (Å²) < 4.78 is 25.4. The van der Waals surface area contributed by atoms with Gasteiger partial charge in [0.25, 0.3) is 12.4 Å². The quantitative estimate of drug-likeness (QED) is 0.321. The Kier molecular flexibility index (Phi) is 7.62. The van der Waals surface area contributed by atoms with Gasteiger partial charge in [0.15, 0.2) is 0 Å². The molecule has 3 rings (SSSR count). The molecule has 0 spiro atoms. The molecule has 1 N–H and O–H groups in total. The van der Waals surface area contributed by atoms with E-state index in [0.717, 1.165) is 18.4 Å². The van der Waals surface area contributed by atoms with Crippen LogP contribution >= 0.6 is 11.6 Å². The van der Waals surface area contributed by atoms with Crippen LogP contribution in [0, 0.1) is 5.82 Å². The van der Waals surface area contributed by atoms with Crippen molar-refractivity contribution in [1.29, 1.82) is 0 Å². The zero-order chi connectivity index (χ0) is 22.2. The van der Waals surface area contributed by atoms with E-state index in [-0.39, 0.29) is 28.5 Å². The van der Waals surface area contributed by atoms with Gasteiger partial charge in [-0.15, -0.1) is 0 Å². The molecule has 0 saturated heterocycles. The van der Waals surface area contributed by atoms with Gasteiger partial charge in [-0.05, 0) is 53.9 Å². The molecule has 0 aliphatic carbocycles.